The maximum Gasteiger partial charge on any atom is 0.300 e. The Hall–Kier alpha value is -1.12. The zero-order chi connectivity index (χ0) is 15.9. The van der Waals surface area contributed by atoms with E-state index < -0.39 is 16.2 Å². The van der Waals surface area contributed by atoms with Crippen molar-refractivity contribution in [1.29, 1.82) is 0 Å². The molecule has 0 aliphatic heterocycles. The lowest BCUT2D eigenvalue weighted by molar-refractivity contribution is 0.225. The SMILES string of the molecule is CC(OS(=O)(=O)c1cc(Cl)sc1Cl)c1nc2ccccc2[nH]1. The summed E-state index contributed by atoms with van der Waals surface area (Å²) < 4.78 is 30.1. The van der Waals surface area contributed by atoms with Gasteiger partial charge < -0.3 is 4.98 Å². The minimum atomic E-state index is -4.02. The van der Waals surface area contributed by atoms with Crippen LogP contribution < -0.4 is 0 Å². The first-order valence-corrected chi connectivity index (χ1v) is 9.17. The number of hydrogen-bond donors (Lipinski definition) is 1. The van der Waals surface area contributed by atoms with Gasteiger partial charge in [0, 0.05) is 0 Å². The first kappa shape index (κ1) is 15.8. The van der Waals surface area contributed by atoms with E-state index in [1.807, 2.05) is 24.3 Å². The molecule has 2 heterocycles. The first-order chi connectivity index (χ1) is 10.4. The predicted octanol–water partition coefficient (Wildman–Crippen LogP) is 4.40. The maximum absolute atomic E-state index is 12.3. The van der Waals surface area contributed by atoms with Gasteiger partial charge in [0.1, 0.15) is 21.2 Å². The summed E-state index contributed by atoms with van der Waals surface area (Å²) >= 11 is 12.6. The molecule has 0 spiro atoms. The molecule has 0 aliphatic rings. The van der Waals surface area contributed by atoms with E-state index in [1.165, 1.54) is 6.07 Å². The number of hydrogen-bond acceptors (Lipinski definition) is 5. The highest BCUT2D eigenvalue weighted by molar-refractivity contribution is 7.87. The van der Waals surface area contributed by atoms with E-state index in [0.29, 0.717) is 5.82 Å². The molecule has 22 heavy (non-hydrogen) atoms. The van der Waals surface area contributed by atoms with Gasteiger partial charge in [-0.25, -0.2) is 4.98 Å². The van der Waals surface area contributed by atoms with Crippen molar-refractivity contribution in [3.05, 3.63) is 44.8 Å². The Kier molecular flexibility index (Phi) is 4.17. The molecular formula is C13H10Cl2N2O3S2. The van der Waals surface area contributed by atoms with Crippen molar-refractivity contribution >= 4 is 55.7 Å². The van der Waals surface area contributed by atoms with Gasteiger partial charge >= 0.3 is 0 Å². The summed E-state index contributed by atoms with van der Waals surface area (Å²) in [6.07, 6.45) is -0.785. The Morgan fingerprint density at radius 3 is 2.68 bits per heavy atom. The van der Waals surface area contributed by atoms with Crippen molar-refractivity contribution in [2.75, 3.05) is 0 Å². The number of nitrogens with zero attached hydrogens (tertiary/aromatic N) is 1. The van der Waals surface area contributed by atoms with E-state index in [9.17, 15) is 8.42 Å². The molecule has 1 N–H and O–H groups in total. The number of halogens is 2. The van der Waals surface area contributed by atoms with Crippen molar-refractivity contribution in [3.63, 3.8) is 0 Å². The molecule has 3 aromatic rings. The van der Waals surface area contributed by atoms with Gasteiger partial charge in [-0.2, -0.15) is 8.42 Å². The number of aromatic nitrogens is 2. The average Bonchev–Trinajstić information content (AvgIpc) is 3.01. The molecule has 0 saturated carbocycles. The topological polar surface area (TPSA) is 72.1 Å². The molecule has 1 unspecified atom stereocenters. The van der Waals surface area contributed by atoms with E-state index in [2.05, 4.69) is 9.97 Å². The van der Waals surface area contributed by atoms with Gasteiger partial charge in [0.2, 0.25) is 0 Å². The lowest BCUT2D eigenvalue weighted by atomic mass is 10.3. The maximum atomic E-state index is 12.3. The van der Waals surface area contributed by atoms with Gasteiger partial charge in [0.15, 0.2) is 0 Å². The van der Waals surface area contributed by atoms with Gasteiger partial charge in [0.05, 0.1) is 15.4 Å². The van der Waals surface area contributed by atoms with Crippen LogP contribution in [-0.2, 0) is 14.3 Å². The molecule has 1 aromatic carbocycles. The standard InChI is InChI=1S/C13H10Cl2N2O3S2/c1-7(13-16-8-4-2-3-5-9(8)17-13)20-22(18,19)10-6-11(14)21-12(10)15/h2-7H,1H3,(H,16,17). The molecule has 0 aliphatic carbocycles. The minimum Gasteiger partial charge on any atom is -0.340 e. The van der Waals surface area contributed by atoms with Crippen LogP contribution in [0.1, 0.15) is 18.9 Å². The van der Waals surface area contributed by atoms with Crippen LogP contribution in [0.3, 0.4) is 0 Å². The molecule has 9 heteroatoms. The van der Waals surface area contributed by atoms with Gasteiger partial charge in [-0.1, -0.05) is 35.3 Å². The lowest BCUT2D eigenvalue weighted by Crippen LogP contribution is -2.11. The number of H-pyrrole nitrogens is 1. The smallest absolute Gasteiger partial charge is 0.300 e. The zero-order valence-corrected chi connectivity index (χ0v) is 14.4. The minimum absolute atomic E-state index is 0.0711. The summed E-state index contributed by atoms with van der Waals surface area (Å²) in [6, 6.07) is 8.66. The highest BCUT2D eigenvalue weighted by Gasteiger charge is 2.26. The summed E-state index contributed by atoms with van der Waals surface area (Å²) in [5.74, 6) is 0.419. The third kappa shape index (κ3) is 3.00. The van der Waals surface area contributed by atoms with Crippen LogP contribution in [0.4, 0.5) is 0 Å². The highest BCUT2D eigenvalue weighted by Crippen LogP contribution is 2.36. The highest BCUT2D eigenvalue weighted by atomic mass is 35.5. The third-order valence-corrected chi connectivity index (χ3v) is 6.09. The van der Waals surface area contributed by atoms with Gasteiger partial charge in [-0.05, 0) is 25.1 Å². The first-order valence-electron chi connectivity index (χ1n) is 6.19. The van der Waals surface area contributed by atoms with Gasteiger partial charge in [-0.3, -0.25) is 4.18 Å². The summed E-state index contributed by atoms with van der Waals surface area (Å²) in [5.41, 5.74) is 1.55. The average molecular weight is 377 g/mol. The lowest BCUT2D eigenvalue weighted by Gasteiger charge is -2.10. The predicted molar refractivity (Wildman–Crippen MR) is 87.1 cm³/mol. The van der Waals surface area contributed by atoms with Crippen molar-refractivity contribution in [1.82, 2.24) is 9.97 Å². The van der Waals surface area contributed by atoms with Crippen LogP contribution >= 0.6 is 34.5 Å². The normalized spacial score (nSPS) is 13.6. The molecule has 0 bridgehead atoms. The van der Waals surface area contributed by atoms with Crippen LogP contribution in [0.2, 0.25) is 8.67 Å². The Morgan fingerprint density at radius 1 is 1.32 bits per heavy atom. The van der Waals surface area contributed by atoms with E-state index in [0.717, 1.165) is 22.4 Å². The third-order valence-electron chi connectivity index (χ3n) is 2.96. The molecular weight excluding hydrogens is 367 g/mol. The van der Waals surface area contributed by atoms with Crippen LogP contribution in [0.15, 0.2) is 35.2 Å². The second-order valence-corrected chi connectivity index (χ2v) is 8.35. The Morgan fingerprint density at radius 2 is 2.05 bits per heavy atom. The molecule has 0 radical (unpaired) electrons. The van der Waals surface area contributed by atoms with Crippen molar-refractivity contribution in [2.24, 2.45) is 0 Å². The van der Waals surface area contributed by atoms with Crippen LogP contribution in [-0.4, -0.2) is 18.4 Å². The van der Waals surface area contributed by atoms with Crippen LogP contribution in [0.5, 0.6) is 0 Å². The molecule has 0 saturated heterocycles. The Labute approximate surface area is 141 Å². The number of imidazole rings is 1. The number of para-hydroxylation sites is 2. The molecule has 3 rings (SSSR count). The Balaban J connectivity index is 1.89. The number of rotatable bonds is 4. The quantitative estimate of drug-likeness (QED) is 0.684. The molecule has 2 aromatic heterocycles. The fourth-order valence-electron chi connectivity index (χ4n) is 1.95. The number of aromatic amines is 1. The Bertz CT molecular complexity index is 901. The van der Waals surface area contributed by atoms with Gasteiger partial charge in [-0.15, -0.1) is 11.3 Å². The second kappa shape index (κ2) is 5.82. The fourth-order valence-corrected chi connectivity index (χ4v) is 5.11. The van der Waals surface area contributed by atoms with Crippen LogP contribution in [0, 0.1) is 0 Å². The number of nitrogens with one attached hydrogen (secondary N) is 1. The summed E-state index contributed by atoms with van der Waals surface area (Å²) in [5, 5.41) is 0. The molecule has 5 nitrogen and oxygen atoms in total. The second-order valence-electron chi connectivity index (χ2n) is 4.52. The van der Waals surface area contributed by atoms with E-state index in [1.54, 1.807) is 6.92 Å². The monoisotopic (exact) mass is 376 g/mol. The van der Waals surface area contributed by atoms with Crippen molar-refractivity contribution < 1.29 is 12.6 Å². The number of thiophene rings is 1. The number of benzene rings is 1. The largest absolute Gasteiger partial charge is 0.340 e. The molecule has 0 amide bonds. The van der Waals surface area contributed by atoms with Gasteiger partial charge in [0.25, 0.3) is 10.1 Å². The van der Waals surface area contributed by atoms with E-state index >= 15 is 0 Å². The summed E-state index contributed by atoms with van der Waals surface area (Å²) in [7, 11) is -4.02. The summed E-state index contributed by atoms with van der Waals surface area (Å²) in [6.45, 7) is 1.59. The number of fused-ring (bicyclic) bond motifs is 1. The molecule has 0 fully saturated rings. The molecule has 116 valence electrons. The van der Waals surface area contributed by atoms with Crippen LogP contribution in [0.25, 0.3) is 11.0 Å². The fraction of sp³-hybridized carbons (Fsp3) is 0.154. The zero-order valence-electron chi connectivity index (χ0n) is 11.2. The van der Waals surface area contributed by atoms with E-state index in [-0.39, 0.29) is 13.6 Å². The van der Waals surface area contributed by atoms with Crippen molar-refractivity contribution in [3.8, 4) is 0 Å². The summed E-state index contributed by atoms with van der Waals surface area (Å²) in [4.78, 5) is 7.22. The molecule has 1 atom stereocenters. The van der Waals surface area contributed by atoms with E-state index in [4.69, 9.17) is 27.4 Å². The van der Waals surface area contributed by atoms with Crippen molar-refractivity contribution in [2.45, 2.75) is 17.9 Å².